The lowest BCUT2D eigenvalue weighted by Gasteiger charge is -2.11. The van der Waals surface area contributed by atoms with E-state index in [1.165, 1.54) is 11.8 Å². The highest BCUT2D eigenvalue weighted by Crippen LogP contribution is 2.23. The predicted octanol–water partition coefficient (Wildman–Crippen LogP) is 4.06. The molecule has 2 rings (SSSR count). The number of thioether (sulfide) groups is 1. The van der Waals surface area contributed by atoms with Crippen LogP contribution in [0.5, 0.6) is 0 Å². The van der Waals surface area contributed by atoms with Gasteiger partial charge in [0.05, 0.1) is 5.92 Å². The van der Waals surface area contributed by atoms with E-state index < -0.39 is 11.9 Å². The summed E-state index contributed by atoms with van der Waals surface area (Å²) < 4.78 is 0. The Labute approximate surface area is 134 Å². The van der Waals surface area contributed by atoms with E-state index in [0.717, 1.165) is 10.5 Å². The molecule has 1 atom stereocenters. The molecule has 0 amide bonds. The van der Waals surface area contributed by atoms with Crippen LogP contribution >= 0.6 is 11.8 Å². The number of aryl methyl sites for hydroxylation is 1. The molecule has 0 aliphatic rings. The van der Waals surface area contributed by atoms with E-state index in [4.69, 9.17) is 0 Å². The Kier molecular flexibility index (Phi) is 5.78. The normalized spacial score (nSPS) is 11.9. The zero-order valence-corrected chi connectivity index (χ0v) is 13.2. The van der Waals surface area contributed by atoms with Crippen molar-refractivity contribution in [3.05, 3.63) is 65.7 Å². The summed E-state index contributed by atoms with van der Waals surface area (Å²) in [7, 11) is 0. The number of ketones is 1. The largest absolute Gasteiger partial charge is 0.481 e. The van der Waals surface area contributed by atoms with Gasteiger partial charge < -0.3 is 5.11 Å². The Bertz CT molecular complexity index is 635. The fraction of sp³-hybridized carbons (Fsp3) is 0.222. The first kappa shape index (κ1) is 16.3. The topological polar surface area (TPSA) is 54.4 Å². The van der Waals surface area contributed by atoms with Gasteiger partial charge in [-0.15, -0.1) is 11.8 Å². The van der Waals surface area contributed by atoms with Crippen LogP contribution < -0.4 is 0 Å². The summed E-state index contributed by atoms with van der Waals surface area (Å²) in [5.41, 5.74) is 1.65. The molecule has 0 aliphatic carbocycles. The molecule has 1 unspecified atom stereocenters. The van der Waals surface area contributed by atoms with Gasteiger partial charge in [-0.3, -0.25) is 9.59 Å². The van der Waals surface area contributed by atoms with Crippen LogP contribution in [-0.4, -0.2) is 22.6 Å². The number of carboxylic acid groups (broad SMARTS) is 1. The van der Waals surface area contributed by atoms with E-state index in [-0.39, 0.29) is 12.2 Å². The standard InChI is InChI=1S/C18H18O3S/c1-13-7-9-14(10-8-13)17(19)11-15(18(20)21)12-22-16-5-3-2-4-6-16/h2-10,15H,11-12H2,1H3,(H,20,21). The van der Waals surface area contributed by atoms with Crippen molar-refractivity contribution >= 4 is 23.5 Å². The Morgan fingerprint density at radius 2 is 1.68 bits per heavy atom. The number of hydrogen-bond acceptors (Lipinski definition) is 3. The zero-order valence-electron chi connectivity index (χ0n) is 12.4. The molecule has 3 nitrogen and oxygen atoms in total. The van der Waals surface area contributed by atoms with E-state index >= 15 is 0 Å². The van der Waals surface area contributed by atoms with Crippen molar-refractivity contribution < 1.29 is 14.7 Å². The molecule has 1 N–H and O–H groups in total. The average Bonchev–Trinajstić information content (AvgIpc) is 2.52. The van der Waals surface area contributed by atoms with E-state index in [1.54, 1.807) is 12.1 Å². The quantitative estimate of drug-likeness (QED) is 0.618. The Morgan fingerprint density at radius 3 is 2.27 bits per heavy atom. The van der Waals surface area contributed by atoms with Crippen molar-refractivity contribution in [1.82, 2.24) is 0 Å². The lowest BCUT2D eigenvalue weighted by atomic mass is 9.99. The predicted molar refractivity (Wildman–Crippen MR) is 88.4 cm³/mol. The molecule has 0 heterocycles. The van der Waals surface area contributed by atoms with Gasteiger partial charge in [0.25, 0.3) is 0 Å². The van der Waals surface area contributed by atoms with Gasteiger partial charge in [-0.2, -0.15) is 0 Å². The summed E-state index contributed by atoms with van der Waals surface area (Å²) in [5, 5.41) is 9.33. The van der Waals surface area contributed by atoms with E-state index in [0.29, 0.717) is 11.3 Å². The molecule has 0 aliphatic heterocycles. The first-order valence-electron chi connectivity index (χ1n) is 7.07. The smallest absolute Gasteiger partial charge is 0.307 e. The highest BCUT2D eigenvalue weighted by atomic mass is 32.2. The SMILES string of the molecule is Cc1ccc(C(=O)CC(CSc2ccccc2)C(=O)O)cc1. The number of rotatable bonds is 7. The van der Waals surface area contributed by atoms with Crippen molar-refractivity contribution in [2.75, 3.05) is 5.75 Å². The van der Waals surface area contributed by atoms with Gasteiger partial charge in [-0.25, -0.2) is 0 Å². The third-order valence-electron chi connectivity index (χ3n) is 3.35. The molecule has 0 aromatic heterocycles. The monoisotopic (exact) mass is 314 g/mol. The average molecular weight is 314 g/mol. The molecule has 0 spiro atoms. The highest BCUT2D eigenvalue weighted by molar-refractivity contribution is 7.99. The summed E-state index contributed by atoms with van der Waals surface area (Å²) in [6.07, 6.45) is 0.0260. The number of hydrogen-bond donors (Lipinski definition) is 1. The maximum atomic E-state index is 12.2. The van der Waals surface area contributed by atoms with Crippen molar-refractivity contribution in [2.45, 2.75) is 18.2 Å². The van der Waals surface area contributed by atoms with Crippen LogP contribution in [0.25, 0.3) is 0 Å². The molecule has 22 heavy (non-hydrogen) atoms. The van der Waals surface area contributed by atoms with E-state index in [9.17, 15) is 14.7 Å². The van der Waals surface area contributed by atoms with Crippen LogP contribution in [0, 0.1) is 12.8 Å². The van der Waals surface area contributed by atoms with Gasteiger partial charge in [0.15, 0.2) is 5.78 Å². The van der Waals surface area contributed by atoms with Crippen molar-refractivity contribution in [1.29, 1.82) is 0 Å². The third kappa shape index (κ3) is 4.74. The number of aliphatic carboxylic acids is 1. The number of carboxylic acids is 1. The van der Waals surface area contributed by atoms with Crippen molar-refractivity contribution in [2.24, 2.45) is 5.92 Å². The molecule has 2 aromatic carbocycles. The van der Waals surface area contributed by atoms with Gasteiger partial charge in [0, 0.05) is 22.6 Å². The molecule has 0 fully saturated rings. The van der Waals surface area contributed by atoms with Crippen molar-refractivity contribution in [3.8, 4) is 0 Å². The number of Topliss-reactive ketones (excluding diaryl/α,β-unsaturated/α-hetero) is 1. The zero-order chi connectivity index (χ0) is 15.9. The van der Waals surface area contributed by atoms with Crippen LogP contribution in [0.2, 0.25) is 0 Å². The Morgan fingerprint density at radius 1 is 1.05 bits per heavy atom. The molecule has 0 radical (unpaired) electrons. The summed E-state index contributed by atoms with van der Waals surface area (Å²) in [5.74, 6) is -1.35. The minimum atomic E-state index is -0.927. The maximum Gasteiger partial charge on any atom is 0.307 e. The number of carbonyl (C=O) groups is 2. The lowest BCUT2D eigenvalue weighted by molar-refractivity contribution is -0.140. The summed E-state index contributed by atoms with van der Waals surface area (Å²) >= 11 is 1.46. The highest BCUT2D eigenvalue weighted by Gasteiger charge is 2.22. The van der Waals surface area contributed by atoms with Gasteiger partial charge >= 0.3 is 5.97 Å². The number of benzene rings is 2. The van der Waals surface area contributed by atoms with Crippen LogP contribution in [0.15, 0.2) is 59.5 Å². The van der Waals surface area contributed by atoms with Crippen LogP contribution in [0.1, 0.15) is 22.3 Å². The summed E-state index contributed by atoms with van der Waals surface area (Å²) in [4.78, 5) is 24.6. The van der Waals surface area contributed by atoms with Crippen LogP contribution in [0.4, 0.5) is 0 Å². The van der Waals surface area contributed by atoms with E-state index in [2.05, 4.69) is 0 Å². The van der Waals surface area contributed by atoms with Crippen LogP contribution in [-0.2, 0) is 4.79 Å². The number of carbonyl (C=O) groups excluding carboxylic acids is 1. The van der Waals surface area contributed by atoms with Gasteiger partial charge in [0.1, 0.15) is 0 Å². The molecule has 114 valence electrons. The summed E-state index contributed by atoms with van der Waals surface area (Å²) in [6.45, 7) is 1.95. The second-order valence-electron chi connectivity index (χ2n) is 5.15. The molecule has 0 bridgehead atoms. The molecule has 2 aromatic rings. The maximum absolute atomic E-state index is 12.2. The second-order valence-corrected chi connectivity index (χ2v) is 6.25. The molecular weight excluding hydrogens is 296 g/mol. The van der Waals surface area contributed by atoms with Gasteiger partial charge in [-0.1, -0.05) is 48.0 Å². The van der Waals surface area contributed by atoms with Gasteiger partial charge in [0.2, 0.25) is 0 Å². The fourth-order valence-corrected chi connectivity index (χ4v) is 3.02. The van der Waals surface area contributed by atoms with E-state index in [1.807, 2.05) is 49.4 Å². The molecule has 0 saturated carbocycles. The molecular formula is C18H18O3S. The lowest BCUT2D eigenvalue weighted by Crippen LogP contribution is -2.20. The Hall–Kier alpha value is -2.07. The Balaban J connectivity index is 1.98. The summed E-state index contributed by atoms with van der Waals surface area (Å²) in [6, 6.07) is 16.8. The first-order valence-corrected chi connectivity index (χ1v) is 8.05. The fourth-order valence-electron chi connectivity index (χ4n) is 2.01. The third-order valence-corrected chi connectivity index (χ3v) is 4.52. The first-order chi connectivity index (χ1) is 10.6. The minimum Gasteiger partial charge on any atom is -0.481 e. The van der Waals surface area contributed by atoms with Gasteiger partial charge in [-0.05, 0) is 19.1 Å². The molecule has 4 heteroatoms. The van der Waals surface area contributed by atoms with Crippen molar-refractivity contribution in [3.63, 3.8) is 0 Å². The minimum absolute atomic E-state index is 0.0260. The molecule has 0 saturated heterocycles. The second kappa shape index (κ2) is 7.80. The van der Waals surface area contributed by atoms with Crippen LogP contribution in [0.3, 0.4) is 0 Å².